The van der Waals surface area contributed by atoms with Gasteiger partial charge in [0.1, 0.15) is 6.54 Å². The Morgan fingerprint density at radius 2 is 1.53 bits per heavy atom. The predicted molar refractivity (Wildman–Crippen MR) is 138 cm³/mol. The van der Waals surface area contributed by atoms with Gasteiger partial charge in [0.05, 0.1) is 6.04 Å². The molecule has 2 heterocycles. The number of nitrogens with one attached hydrogen (secondary N) is 2. The summed E-state index contributed by atoms with van der Waals surface area (Å²) in [5, 5.41) is 1.05. The lowest BCUT2D eigenvalue weighted by atomic mass is 9.95. The van der Waals surface area contributed by atoms with Gasteiger partial charge in [-0.1, -0.05) is 66.7 Å². The number of amides is 3. The van der Waals surface area contributed by atoms with E-state index in [1.807, 2.05) is 80.7 Å². The summed E-state index contributed by atoms with van der Waals surface area (Å²) in [6, 6.07) is 24.9. The number of fused-ring (bicyclic) bond motifs is 2. The molecule has 0 radical (unpaired) electrons. The first-order chi connectivity index (χ1) is 17.5. The van der Waals surface area contributed by atoms with Gasteiger partial charge in [0.15, 0.2) is 0 Å². The van der Waals surface area contributed by atoms with E-state index in [0.717, 1.165) is 33.3 Å². The summed E-state index contributed by atoms with van der Waals surface area (Å²) in [4.78, 5) is 40.2. The number of carbonyl (C=O) groups excluding carboxylic acids is 3. The van der Waals surface area contributed by atoms with E-state index in [-0.39, 0.29) is 24.8 Å². The second-order valence-corrected chi connectivity index (χ2v) is 9.08. The third-order valence-corrected chi connectivity index (χ3v) is 6.92. The normalized spacial score (nSPS) is 14.7. The molecule has 1 aliphatic heterocycles. The van der Waals surface area contributed by atoms with Crippen LogP contribution in [0.3, 0.4) is 0 Å². The molecule has 0 fully saturated rings. The fraction of sp³-hybridized carbons (Fsp3) is 0.207. The second-order valence-electron chi connectivity index (χ2n) is 9.08. The maximum absolute atomic E-state index is 13.4. The SMILES string of the molecule is Cc1c(C2c3ccccc3C(=O)N2CC(=O)NNC(=O)CCc2ccccc2)c2ccccc2n1C. The van der Waals surface area contributed by atoms with Crippen LogP contribution in [0.25, 0.3) is 10.9 Å². The van der Waals surface area contributed by atoms with Crippen molar-refractivity contribution >= 4 is 28.6 Å². The summed E-state index contributed by atoms with van der Waals surface area (Å²) >= 11 is 0. The zero-order valence-corrected chi connectivity index (χ0v) is 20.3. The molecule has 1 aliphatic rings. The molecule has 1 unspecified atom stereocenters. The van der Waals surface area contributed by atoms with Crippen LogP contribution in [0.4, 0.5) is 0 Å². The van der Waals surface area contributed by atoms with Crippen molar-refractivity contribution < 1.29 is 14.4 Å². The van der Waals surface area contributed by atoms with Gasteiger partial charge >= 0.3 is 0 Å². The topological polar surface area (TPSA) is 83.4 Å². The average Bonchev–Trinajstić information content (AvgIpc) is 3.32. The zero-order valence-electron chi connectivity index (χ0n) is 20.3. The summed E-state index contributed by atoms with van der Waals surface area (Å²) in [7, 11) is 2.01. The summed E-state index contributed by atoms with van der Waals surface area (Å²) in [5.74, 6) is -0.940. The third kappa shape index (κ3) is 4.24. The largest absolute Gasteiger partial charge is 0.348 e. The highest BCUT2D eigenvalue weighted by Crippen LogP contribution is 2.43. The molecule has 0 aliphatic carbocycles. The highest BCUT2D eigenvalue weighted by molar-refractivity contribution is 6.03. The number of rotatable bonds is 6. The zero-order chi connectivity index (χ0) is 25.2. The van der Waals surface area contributed by atoms with Gasteiger partial charge in [-0.3, -0.25) is 25.2 Å². The maximum Gasteiger partial charge on any atom is 0.258 e. The highest BCUT2D eigenvalue weighted by atomic mass is 16.2. The van der Waals surface area contributed by atoms with Gasteiger partial charge in [-0.2, -0.15) is 0 Å². The average molecular weight is 481 g/mol. The molecular formula is C29H28N4O3. The molecule has 5 rings (SSSR count). The molecule has 1 atom stereocenters. The van der Waals surface area contributed by atoms with Crippen LogP contribution >= 0.6 is 0 Å². The molecule has 0 spiro atoms. The summed E-state index contributed by atoms with van der Waals surface area (Å²) in [6.07, 6.45) is 0.821. The lowest BCUT2D eigenvalue weighted by Crippen LogP contribution is -2.47. The molecule has 3 amide bonds. The summed E-state index contributed by atoms with van der Waals surface area (Å²) < 4.78 is 2.11. The molecule has 2 N–H and O–H groups in total. The van der Waals surface area contributed by atoms with Crippen molar-refractivity contribution in [1.82, 2.24) is 20.3 Å². The van der Waals surface area contributed by atoms with Gasteiger partial charge in [0.2, 0.25) is 5.91 Å². The Labute approximate surface area is 209 Å². The molecule has 182 valence electrons. The summed E-state index contributed by atoms with van der Waals surface area (Å²) in [6.45, 7) is 1.85. The quantitative estimate of drug-likeness (QED) is 0.412. The van der Waals surface area contributed by atoms with Gasteiger partial charge in [0, 0.05) is 41.2 Å². The van der Waals surface area contributed by atoms with E-state index >= 15 is 0 Å². The lowest BCUT2D eigenvalue weighted by Gasteiger charge is -2.26. The van der Waals surface area contributed by atoms with Gasteiger partial charge < -0.3 is 9.47 Å². The molecule has 3 aromatic carbocycles. The number of hydrazine groups is 1. The molecule has 7 nitrogen and oxygen atoms in total. The van der Waals surface area contributed by atoms with E-state index in [9.17, 15) is 14.4 Å². The first-order valence-electron chi connectivity index (χ1n) is 12.0. The Morgan fingerprint density at radius 3 is 2.33 bits per heavy atom. The van der Waals surface area contributed by atoms with Gasteiger partial charge in [-0.25, -0.2) is 0 Å². The van der Waals surface area contributed by atoms with E-state index in [0.29, 0.717) is 12.0 Å². The van der Waals surface area contributed by atoms with Crippen molar-refractivity contribution in [2.45, 2.75) is 25.8 Å². The minimum Gasteiger partial charge on any atom is -0.348 e. The number of benzene rings is 3. The Bertz CT molecular complexity index is 1460. The van der Waals surface area contributed by atoms with Crippen molar-refractivity contribution in [2.24, 2.45) is 7.05 Å². The number of nitrogens with zero attached hydrogens (tertiary/aromatic N) is 2. The molecule has 36 heavy (non-hydrogen) atoms. The van der Waals surface area contributed by atoms with E-state index in [1.54, 1.807) is 11.0 Å². The fourth-order valence-electron chi connectivity index (χ4n) is 5.04. The van der Waals surface area contributed by atoms with Crippen molar-refractivity contribution in [3.63, 3.8) is 0 Å². The smallest absolute Gasteiger partial charge is 0.258 e. The Morgan fingerprint density at radius 1 is 0.861 bits per heavy atom. The van der Waals surface area contributed by atoms with Gasteiger partial charge in [-0.15, -0.1) is 0 Å². The number of hydrogen-bond donors (Lipinski definition) is 2. The fourth-order valence-corrected chi connectivity index (χ4v) is 5.04. The number of hydrogen-bond acceptors (Lipinski definition) is 3. The van der Waals surface area contributed by atoms with Gasteiger partial charge in [0.25, 0.3) is 11.8 Å². The number of para-hydroxylation sites is 1. The molecule has 1 aromatic heterocycles. The van der Waals surface area contributed by atoms with Crippen LogP contribution in [0.1, 0.15) is 45.2 Å². The van der Waals surface area contributed by atoms with Crippen LogP contribution in [0.2, 0.25) is 0 Å². The van der Waals surface area contributed by atoms with Gasteiger partial charge in [-0.05, 0) is 36.6 Å². The standard InChI is InChI=1S/C29H28N4O3/c1-19-27(23-14-8-9-15-24(23)32(19)2)28-21-12-6-7-13-22(21)29(36)33(28)18-26(35)31-30-25(34)17-16-20-10-4-3-5-11-20/h3-15,28H,16-18H2,1-2H3,(H,30,34)(H,31,35). The van der Waals surface area contributed by atoms with Crippen molar-refractivity contribution in [3.05, 3.63) is 107 Å². The number of aryl methyl sites for hydroxylation is 2. The monoisotopic (exact) mass is 480 g/mol. The first kappa shape index (κ1) is 23.4. The van der Waals surface area contributed by atoms with Crippen LogP contribution in [0.5, 0.6) is 0 Å². The van der Waals surface area contributed by atoms with E-state index in [4.69, 9.17) is 0 Å². The molecule has 0 saturated carbocycles. The molecular weight excluding hydrogens is 452 g/mol. The second kappa shape index (κ2) is 9.70. The van der Waals surface area contributed by atoms with E-state index < -0.39 is 11.9 Å². The lowest BCUT2D eigenvalue weighted by molar-refractivity contribution is -0.129. The Hall–Kier alpha value is -4.39. The van der Waals surface area contributed by atoms with E-state index in [1.165, 1.54) is 0 Å². The van der Waals surface area contributed by atoms with Crippen molar-refractivity contribution in [3.8, 4) is 0 Å². The molecule has 7 heteroatoms. The van der Waals surface area contributed by atoms with Crippen LogP contribution in [0.15, 0.2) is 78.9 Å². The van der Waals surface area contributed by atoms with E-state index in [2.05, 4.69) is 21.5 Å². The maximum atomic E-state index is 13.4. The number of aromatic nitrogens is 1. The van der Waals surface area contributed by atoms with Crippen LogP contribution < -0.4 is 10.9 Å². The Kier molecular flexibility index (Phi) is 6.29. The highest BCUT2D eigenvalue weighted by Gasteiger charge is 2.40. The van der Waals surface area contributed by atoms with Crippen LogP contribution in [-0.2, 0) is 23.1 Å². The molecule has 4 aromatic rings. The molecule has 0 bridgehead atoms. The summed E-state index contributed by atoms with van der Waals surface area (Å²) in [5.41, 5.74) is 10.6. The minimum atomic E-state index is -0.452. The van der Waals surface area contributed by atoms with Crippen LogP contribution in [-0.4, -0.2) is 33.7 Å². The van der Waals surface area contributed by atoms with Crippen molar-refractivity contribution in [2.75, 3.05) is 6.54 Å². The predicted octanol–water partition coefficient (Wildman–Crippen LogP) is 3.81. The molecule has 0 saturated heterocycles. The Balaban J connectivity index is 1.35. The van der Waals surface area contributed by atoms with Crippen molar-refractivity contribution in [1.29, 1.82) is 0 Å². The van der Waals surface area contributed by atoms with Crippen LogP contribution in [0, 0.1) is 6.92 Å². The minimum absolute atomic E-state index is 0.181. The third-order valence-electron chi connectivity index (χ3n) is 6.92. The first-order valence-corrected chi connectivity index (χ1v) is 12.0. The number of carbonyl (C=O) groups is 3.